The molecule has 2 heterocycles. The second-order valence-electron chi connectivity index (χ2n) is 3.29. The van der Waals surface area contributed by atoms with Gasteiger partial charge in [-0.15, -0.1) is 0 Å². The van der Waals surface area contributed by atoms with Gasteiger partial charge in [0.2, 0.25) is 0 Å². The molecule has 0 unspecified atom stereocenters. The Hall–Kier alpha value is -1.62. The van der Waals surface area contributed by atoms with E-state index in [1.807, 2.05) is 10.9 Å². The Morgan fingerprint density at radius 2 is 2.25 bits per heavy atom. The van der Waals surface area contributed by atoms with Crippen LogP contribution >= 0.6 is 11.6 Å². The Balaban J connectivity index is 1.69. The van der Waals surface area contributed by atoms with Gasteiger partial charge in [-0.3, -0.25) is 9.67 Å². The van der Waals surface area contributed by atoms with Crippen LogP contribution in [0.4, 0.5) is 5.82 Å². The quantitative estimate of drug-likeness (QED) is 0.807. The first-order valence-electron chi connectivity index (χ1n) is 5.02. The molecule has 2 rings (SSSR count). The number of halogens is 1. The first-order valence-corrected chi connectivity index (χ1v) is 5.40. The first-order chi connectivity index (χ1) is 7.84. The van der Waals surface area contributed by atoms with E-state index in [9.17, 15) is 0 Å². The Kier molecular flexibility index (Phi) is 3.71. The van der Waals surface area contributed by atoms with Crippen molar-refractivity contribution < 1.29 is 0 Å². The molecule has 0 radical (unpaired) electrons. The third kappa shape index (κ3) is 3.20. The van der Waals surface area contributed by atoms with Crippen molar-refractivity contribution >= 4 is 17.4 Å². The SMILES string of the molecule is Clc1cnn(CCCNc2cnccn2)c1. The van der Waals surface area contributed by atoms with Gasteiger partial charge in [-0.25, -0.2) is 4.98 Å². The van der Waals surface area contributed by atoms with E-state index in [-0.39, 0.29) is 0 Å². The number of hydrogen-bond acceptors (Lipinski definition) is 4. The van der Waals surface area contributed by atoms with Crippen LogP contribution in [0.1, 0.15) is 6.42 Å². The average molecular weight is 238 g/mol. The van der Waals surface area contributed by atoms with E-state index in [2.05, 4.69) is 20.4 Å². The molecule has 0 atom stereocenters. The van der Waals surface area contributed by atoms with Crippen LogP contribution in [0.2, 0.25) is 5.02 Å². The number of nitrogens with zero attached hydrogens (tertiary/aromatic N) is 4. The van der Waals surface area contributed by atoms with Crippen molar-refractivity contribution in [3.05, 3.63) is 36.0 Å². The molecule has 2 aromatic heterocycles. The van der Waals surface area contributed by atoms with E-state index < -0.39 is 0 Å². The Morgan fingerprint density at radius 3 is 2.94 bits per heavy atom. The summed E-state index contributed by atoms with van der Waals surface area (Å²) in [5, 5.41) is 7.93. The molecule has 84 valence electrons. The molecule has 0 spiro atoms. The lowest BCUT2D eigenvalue weighted by atomic mass is 10.4. The molecular formula is C10H12ClN5. The van der Waals surface area contributed by atoms with Gasteiger partial charge in [0.25, 0.3) is 0 Å². The second kappa shape index (κ2) is 5.46. The maximum absolute atomic E-state index is 5.75. The average Bonchev–Trinajstić information content (AvgIpc) is 2.72. The van der Waals surface area contributed by atoms with E-state index in [4.69, 9.17) is 11.6 Å². The summed E-state index contributed by atoms with van der Waals surface area (Å²) in [5.74, 6) is 0.793. The molecule has 0 aliphatic carbocycles. The molecule has 0 fully saturated rings. The molecule has 5 nitrogen and oxygen atoms in total. The zero-order valence-electron chi connectivity index (χ0n) is 8.67. The molecule has 1 N–H and O–H groups in total. The van der Waals surface area contributed by atoms with Crippen molar-refractivity contribution in [2.24, 2.45) is 0 Å². The van der Waals surface area contributed by atoms with Crippen molar-refractivity contribution in [3.8, 4) is 0 Å². The fourth-order valence-corrected chi connectivity index (χ4v) is 1.46. The molecule has 0 aliphatic rings. The van der Waals surface area contributed by atoms with Gasteiger partial charge in [0.1, 0.15) is 5.82 Å². The van der Waals surface area contributed by atoms with Crippen molar-refractivity contribution in [3.63, 3.8) is 0 Å². The fraction of sp³-hybridized carbons (Fsp3) is 0.300. The minimum absolute atomic E-state index is 0.668. The number of hydrogen-bond donors (Lipinski definition) is 1. The van der Waals surface area contributed by atoms with Gasteiger partial charge in [0, 0.05) is 31.7 Å². The largest absolute Gasteiger partial charge is 0.369 e. The highest BCUT2D eigenvalue weighted by Crippen LogP contribution is 2.05. The lowest BCUT2D eigenvalue weighted by Crippen LogP contribution is -2.07. The molecule has 0 aromatic carbocycles. The summed E-state index contributed by atoms with van der Waals surface area (Å²) in [6.45, 7) is 1.66. The molecule has 2 aromatic rings. The molecule has 0 amide bonds. The fourth-order valence-electron chi connectivity index (χ4n) is 1.31. The molecule has 0 saturated heterocycles. The van der Waals surface area contributed by atoms with Crippen LogP contribution in [0.15, 0.2) is 31.0 Å². The van der Waals surface area contributed by atoms with Gasteiger partial charge in [0.05, 0.1) is 17.4 Å². The summed E-state index contributed by atoms with van der Waals surface area (Å²) in [7, 11) is 0. The standard InChI is InChI=1S/C10H12ClN5/c11-9-6-15-16(8-9)5-1-2-13-10-7-12-3-4-14-10/h3-4,6-8H,1-2,5H2,(H,13,14). The zero-order valence-corrected chi connectivity index (χ0v) is 9.43. The number of anilines is 1. The highest BCUT2D eigenvalue weighted by Gasteiger charge is 1.95. The van der Waals surface area contributed by atoms with Gasteiger partial charge in [0.15, 0.2) is 0 Å². The highest BCUT2D eigenvalue weighted by atomic mass is 35.5. The van der Waals surface area contributed by atoms with Gasteiger partial charge >= 0.3 is 0 Å². The maximum Gasteiger partial charge on any atom is 0.144 e. The van der Waals surface area contributed by atoms with E-state index in [0.717, 1.165) is 25.3 Å². The van der Waals surface area contributed by atoms with E-state index in [0.29, 0.717) is 5.02 Å². The molecule has 0 saturated carbocycles. The van der Waals surface area contributed by atoms with Crippen LogP contribution < -0.4 is 5.32 Å². The number of aryl methyl sites for hydroxylation is 1. The zero-order chi connectivity index (χ0) is 11.2. The summed E-state index contributed by atoms with van der Waals surface area (Å²) in [6, 6.07) is 0. The predicted octanol–water partition coefficient (Wildman–Crippen LogP) is 1.83. The van der Waals surface area contributed by atoms with Crippen molar-refractivity contribution in [2.75, 3.05) is 11.9 Å². The Labute approximate surface area is 98.5 Å². The number of nitrogens with one attached hydrogen (secondary N) is 1. The monoisotopic (exact) mass is 237 g/mol. The second-order valence-corrected chi connectivity index (χ2v) is 3.73. The van der Waals surface area contributed by atoms with Crippen LogP contribution in [0.5, 0.6) is 0 Å². The molecular weight excluding hydrogens is 226 g/mol. The first kappa shape index (κ1) is 10.9. The van der Waals surface area contributed by atoms with Crippen LogP contribution in [0.3, 0.4) is 0 Å². The van der Waals surface area contributed by atoms with E-state index >= 15 is 0 Å². The van der Waals surface area contributed by atoms with Crippen molar-refractivity contribution in [1.29, 1.82) is 0 Å². The molecule has 0 bridgehead atoms. The number of rotatable bonds is 5. The minimum atomic E-state index is 0.668. The van der Waals surface area contributed by atoms with Gasteiger partial charge < -0.3 is 5.32 Å². The summed E-state index contributed by atoms with van der Waals surface area (Å²) in [4.78, 5) is 8.08. The van der Waals surface area contributed by atoms with E-state index in [1.165, 1.54) is 0 Å². The molecule has 16 heavy (non-hydrogen) atoms. The summed E-state index contributed by atoms with van der Waals surface area (Å²) in [5.41, 5.74) is 0. The van der Waals surface area contributed by atoms with Crippen LogP contribution in [0.25, 0.3) is 0 Å². The Morgan fingerprint density at radius 1 is 1.31 bits per heavy atom. The minimum Gasteiger partial charge on any atom is -0.369 e. The smallest absolute Gasteiger partial charge is 0.144 e. The summed E-state index contributed by atoms with van der Waals surface area (Å²) < 4.78 is 1.82. The topological polar surface area (TPSA) is 55.6 Å². The maximum atomic E-state index is 5.75. The van der Waals surface area contributed by atoms with Crippen LogP contribution in [0, 0.1) is 0 Å². The number of aromatic nitrogens is 4. The summed E-state index contributed by atoms with van der Waals surface area (Å²) in [6.07, 6.45) is 9.41. The molecule has 6 heteroatoms. The van der Waals surface area contributed by atoms with Gasteiger partial charge in [-0.1, -0.05) is 11.6 Å². The summed E-state index contributed by atoms with van der Waals surface area (Å²) >= 11 is 5.75. The van der Waals surface area contributed by atoms with E-state index in [1.54, 1.807) is 24.8 Å². The van der Waals surface area contributed by atoms with Crippen molar-refractivity contribution in [1.82, 2.24) is 19.7 Å². The van der Waals surface area contributed by atoms with Gasteiger partial charge in [-0.05, 0) is 6.42 Å². The third-order valence-corrected chi connectivity index (χ3v) is 2.23. The van der Waals surface area contributed by atoms with Gasteiger partial charge in [-0.2, -0.15) is 5.10 Å². The third-order valence-electron chi connectivity index (χ3n) is 2.04. The van der Waals surface area contributed by atoms with Crippen LogP contribution in [-0.4, -0.2) is 26.3 Å². The predicted molar refractivity (Wildman–Crippen MR) is 62.4 cm³/mol. The lowest BCUT2D eigenvalue weighted by molar-refractivity contribution is 0.591. The van der Waals surface area contributed by atoms with Crippen molar-refractivity contribution in [2.45, 2.75) is 13.0 Å². The lowest BCUT2D eigenvalue weighted by Gasteiger charge is -2.04. The van der Waals surface area contributed by atoms with Crippen LogP contribution in [-0.2, 0) is 6.54 Å². The molecule has 0 aliphatic heterocycles. The normalized spacial score (nSPS) is 10.3. The highest BCUT2D eigenvalue weighted by molar-refractivity contribution is 6.30. The Bertz CT molecular complexity index is 428.